The summed E-state index contributed by atoms with van der Waals surface area (Å²) in [6, 6.07) is 5.13. The Morgan fingerprint density at radius 3 is 2.44 bits per heavy atom. The van der Waals surface area contributed by atoms with Crippen molar-refractivity contribution >= 4 is 23.2 Å². The van der Waals surface area contributed by atoms with Gasteiger partial charge in [-0.2, -0.15) is 0 Å². The lowest BCUT2D eigenvalue weighted by Gasteiger charge is -2.30. The van der Waals surface area contributed by atoms with Crippen molar-refractivity contribution in [2.45, 2.75) is 27.7 Å². The van der Waals surface area contributed by atoms with Crippen molar-refractivity contribution in [2.24, 2.45) is 5.41 Å². The molecule has 0 unspecified atom stereocenters. The molecular formula is C14H20ClNO2. The quantitative estimate of drug-likeness (QED) is 0.855. The minimum atomic E-state index is -0.128. The Balaban J connectivity index is 3.09. The zero-order valence-electron chi connectivity index (χ0n) is 11.3. The predicted molar refractivity (Wildman–Crippen MR) is 75.4 cm³/mol. The Morgan fingerprint density at radius 2 is 2.00 bits per heavy atom. The number of halogens is 1. The van der Waals surface area contributed by atoms with Gasteiger partial charge in [0.2, 0.25) is 5.91 Å². The molecule has 1 rings (SSSR count). The molecule has 3 nitrogen and oxygen atoms in total. The first-order valence-electron chi connectivity index (χ1n) is 5.90. The molecule has 0 aliphatic carbocycles. The Bertz CT molecular complexity index is 438. The van der Waals surface area contributed by atoms with Gasteiger partial charge in [-0.3, -0.25) is 4.79 Å². The zero-order valence-corrected chi connectivity index (χ0v) is 12.1. The highest BCUT2D eigenvalue weighted by atomic mass is 35.5. The number of carbonyl (C=O) groups excluding carboxylic acids is 1. The Hall–Kier alpha value is -1.22. The van der Waals surface area contributed by atoms with Gasteiger partial charge in [0.15, 0.2) is 0 Å². The van der Waals surface area contributed by atoms with Crippen molar-refractivity contribution in [2.75, 3.05) is 17.3 Å². The smallest absolute Gasteiger partial charge is 0.241 e. The molecule has 0 aromatic heterocycles. The van der Waals surface area contributed by atoms with Crippen LogP contribution in [-0.4, -0.2) is 23.4 Å². The van der Waals surface area contributed by atoms with Crippen LogP contribution in [0.15, 0.2) is 18.2 Å². The summed E-state index contributed by atoms with van der Waals surface area (Å²) in [5.41, 5.74) is 1.49. The summed E-state index contributed by atoms with van der Waals surface area (Å²) in [6.07, 6.45) is 0. The normalized spacial score (nSPS) is 11.4. The average Bonchev–Trinajstić information content (AvgIpc) is 2.27. The summed E-state index contributed by atoms with van der Waals surface area (Å²) in [6.45, 7) is 8.58. The van der Waals surface area contributed by atoms with Gasteiger partial charge in [-0.15, -0.1) is 11.6 Å². The molecule has 4 heteroatoms. The molecule has 1 N–H and O–H groups in total. The molecule has 1 amide bonds. The Morgan fingerprint density at radius 1 is 1.39 bits per heavy atom. The van der Waals surface area contributed by atoms with Crippen LogP contribution in [0.5, 0.6) is 5.75 Å². The third-order valence-corrected chi connectivity index (χ3v) is 2.77. The summed E-state index contributed by atoms with van der Waals surface area (Å²) in [7, 11) is 0. The van der Waals surface area contributed by atoms with Crippen LogP contribution in [0.2, 0.25) is 0 Å². The van der Waals surface area contributed by atoms with E-state index in [0.29, 0.717) is 6.54 Å². The summed E-state index contributed by atoms with van der Waals surface area (Å²) >= 11 is 5.66. The molecule has 1 aromatic carbocycles. The van der Waals surface area contributed by atoms with E-state index in [0.717, 1.165) is 11.3 Å². The minimum Gasteiger partial charge on any atom is -0.508 e. The van der Waals surface area contributed by atoms with Gasteiger partial charge < -0.3 is 10.0 Å². The van der Waals surface area contributed by atoms with Crippen molar-refractivity contribution in [1.82, 2.24) is 0 Å². The van der Waals surface area contributed by atoms with Crippen LogP contribution in [0, 0.1) is 12.3 Å². The number of amides is 1. The second-order valence-corrected chi connectivity index (χ2v) is 5.91. The summed E-state index contributed by atoms with van der Waals surface area (Å²) < 4.78 is 0. The van der Waals surface area contributed by atoms with E-state index >= 15 is 0 Å². The highest BCUT2D eigenvalue weighted by molar-refractivity contribution is 6.29. The lowest BCUT2D eigenvalue weighted by molar-refractivity contribution is -0.116. The van der Waals surface area contributed by atoms with Crippen molar-refractivity contribution in [3.05, 3.63) is 23.8 Å². The maximum absolute atomic E-state index is 11.9. The number of phenolic OH excluding ortho intramolecular Hbond substituents is 1. The third kappa shape index (κ3) is 3.91. The zero-order chi connectivity index (χ0) is 13.9. The van der Waals surface area contributed by atoms with Gasteiger partial charge in [0.1, 0.15) is 11.6 Å². The summed E-state index contributed by atoms with van der Waals surface area (Å²) in [5, 5.41) is 9.52. The monoisotopic (exact) mass is 269 g/mol. The first kappa shape index (κ1) is 14.8. The van der Waals surface area contributed by atoms with Crippen LogP contribution in [0.4, 0.5) is 5.69 Å². The second-order valence-electron chi connectivity index (χ2n) is 5.64. The first-order valence-corrected chi connectivity index (χ1v) is 6.44. The summed E-state index contributed by atoms with van der Waals surface area (Å²) in [5.74, 6) is 0.0557. The van der Waals surface area contributed by atoms with Crippen LogP contribution in [0.1, 0.15) is 26.3 Å². The molecule has 0 atom stereocenters. The number of hydrogen-bond donors (Lipinski definition) is 1. The maximum Gasteiger partial charge on any atom is 0.241 e. The first-order chi connectivity index (χ1) is 8.24. The number of benzene rings is 1. The fourth-order valence-corrected chi connectivity index (χ4v) is 1.82. The topological polar surface area (TPSA) is 40.5 Å². The van der Waals surface area contributed by atoms with Gasteiger partial charge in [-0.1, -0.05) is 20.8 Å². The van der Waals surface area contributed by atoms with Gasteiger partial charge in [0.05, 0.1) is 0 Å². The number of carbonyl (C=O) groups is 1. The average molecular weight is 270 g/mol. The van der Waals surface area contributed by atoms with Gasteiger partial charge in [0, 0.05) is 12.2 Å². The fraction of sp³-hybridized carbons (Fsp3) is 0.500. The standard InChI is InChI=1S/C14H20ClNO2/c1-10-7-11(5-6-12(10)17)16(13(18)8-15)9-14(2,3)4/h5-7,17H,8-9H2,1-4H3. The number of hydrogen-bond acceptors (Lipinski definition) is 2. The van der Waals surface area contributed by atoms with Gasteiger partial charge in [-0.05, 0) is 36.1 Å². The number of phenols is 1. The SMILES string of the molecule is Cc1cc(N(CC(C)(C)C)C(=O)CCl)ccc1O. The van der Waals surface area contributed by atoms with E-state index in [1.54, 1.807) is 30.0 Å². The molecular weight excluding hydrogens is 250 g/mol. The number of aryl methyl sites for hydroxylation is 1. The number of aromatic hydroxyl groups is 1. The van der Waals surface area contributed by atoms with Crippen molar-refractivity contribution in [3.8, 4) is 5.75 Å². The molecule has 0 saturated carbocycles. The number of anilines is 1. The molecule has 0 radical (unpaired) electrons. The van der Waals surface area contributed by atoms with Crippen molar-refractivity contribution in [1.29, 1.82) is 0 Å². The third-order valence-electron chi connectivity index (χ3n) is 2.54. The lowest BCUT2D eigenvalue weighted by atomic mass is 9.95. The molecule has 0 aliphatic rings. The molecule has 0 aliphatic heterocycles. The minimum absolute atomic E-state index is 0.0203. The molecule has 100 valence electrons. The molecule has 0 bridgehead atoms. The van der Waals surface area contributed by atoms with Gasteiger partial charge in [0.25, 0.3) is 0 Å². The van der Waals surface area contributed by atoms with Gasteiger partial charge in [-0.25, -0.2) is 0 Å². The second kappa shape index (κ2) is 5.61. The van der Waals surface area contributed by atoms with E-state index in [9.17, 15) is 9.90 Å². The van der Waals surface area contributed by atoms with E-state index < -0.39 is 0 Å². The molecule has 0 fully saturated rings. The largest absolute Gasteiger partial charge is 0.508 e. The Kier molecular flexibility index (Phi) is 4.63. The van der Waals surface area contributed by atoms with E-state index in [1.165, 1.54) is 0 Å². The highest BCUT2D eigenvalue weighted by Crippen LogP contribution is 2.26. The molecule has 0 spiro atoms. The summed E-state index contributed by atoms with van der Waals surface area (Å²) in [4.78, 5) is 13.6. The number of nitrogens with zero attached hydrogens (tertiary/aromatic N) is 1. The highest BCUT2D eigenvalue weighted by Gasteiger charge is 2.22. The number of rotatable bonds is 3. The van der Waals surface area contributed by atoms with Crippen molar-refractivity contribution in [3.63, 3.8) is 0 Å². The predicted octanol–water partition coefficient (Wildman–Crippen LogP) is 3.32. The molecule has 0 saturated heterocycles. The van der Waals surface area contributed by atoms with Crippen LogP contribution in [0.3, 0.4) is 0 Å². The van der Waals surface area contributed by atoms with Crippen LogP contribution in [0.25, 0.3) is 0 Å². The molecule has 18 heavy (non-hydrogen) atoms. The van der Waals surface area contributed by atoms with E-state index in [-0.39, 0.29) is 23.0 Å². The van der Waals surface area contributed by atoms with Crippen LogP contribution in [-0.2, 0) is 4.79 Å². The fourth-order valence-electron chi connectivity index (χ4n) is 1.68. The van der Waals surface area contributed by atoms with Crippen LogP contribution >= 0.6 is 11.6 Å². The maximum atomic E-state index is 11.9. The molecule has 1 aromatic rings. The van der Waals surface area contributed by atoms with E-state index in [2.05, 4.69) is 20.8 Å². The van der Waals surface area contributed by atoms with Crippen LogP contribution < -0.4 is 4.90 Å². The van der Waals surface area contributed by atoms with E-state index in [1.807, 2.05) is 0 Å². The van der Waals surface area contributed by atoms with Crippen molar-refractivity contribution < 1.29 is 9.90 Å². The lowest BCUT2D eigenvalue weighted by Crippen LogP contribution is -2.38. The number of alkyl halides is 1. The van der Waals surface area contributed by atoms with Gasteiger partial charge >= 0.3 is 0 Å². The Labute approximate surface area is 113 Å². The molecule has 0 heterocycles. The van der Waals surface area contributed by atoms with E-state index in [4.69, 9.17) is 11.6 Å².